The molecule has 20 heavy (non-hydrogen) atoms. The van der Waals surface area contributed by atoms with Gasteiger partial charge in [0.2, 0.25) is 5.43 Å². The normalized spacial score (nSPS) is 15.0. The van der Waals surface area contributed by atoms with Crippen LogP contribution in [0.25, 0.3) is 10.9 Å². The monoisotopic (exact) mass is 275 g/mol. The second-order valence-electron chi connectivity index (χ2n) is 4.96. The third-order valence-electron chi connectivity index (χ3n) is 3.61. The Morgan fingerprint density at radius 1 is 1.30 bits per heavy atom. The number of aryl methyl sites for hydroxylation is 1. The quantitative estimate of drug-likeness (QED) is 0.788. The van der Waals surface area contributed by atoms with Crippen LogP contribution < -0.4 is 5.43 Å². The van der Waals surface area contributed by atoms with Crippen LogP contribution in [0.2, 0.25) is 0 Å². The Hall–Kier alpha value is -2.24. The number of hydrogen-bond donors (Lipinski definition) is 0. The van der Waals surface area contributed by atoms with Crippen LogP contribution in [0.3, 0.4) is 0 Å². The number of nitrogens with zero attached hydrogens (tertiary/aromatic N) is 3. The lowest BCUT2D eigenvalue weighted by Gasteiger charge is -2.15. The van der Waals surface area contributed by atoms with Gasteiger partial charge in [-0.15, -0.1) is 0 Å². The van der Waals surface area contributed by atoms with Gasteiger partial charge in [-0.25, -0.2) is 4.39 Å². The Morgan fingerprint density at radius 3 is 2.70 bits per heavy atom. The van der Waals surface area contributed by atoms with E-state index < -0.39 is 11.2 Å². The first kappa shape index (κ1) is 12.8. The molecular weight excluding hydrogens is 261 g/mol. The van der Waals surface area contributed by atoms with Crippen molar-refractivity contribution in [1.29, 1.82) is 0 Å². The number of aromatic nitrogens is 2. The van der Waals surface area contributed by atoms with Crippen LogP contribution in [0, 0.1) is 5.82 Å². The summed E-state index contributed by atoms with van der Waals surface area (Å²) < 4.78 is 14.8. The van der Waals surface area contributed by atoms with Gasteiger partial charge in [0.1, 0.15) is 5.82 Å². The summed E-state index contributed by atoms with van der Waals surface area (Å²) >= 11 is 0. The molecule has 2 heterocycles. The molecule has 0 atom stereocenters. The van der Waals surface area contributed by atoms with E-state index in [-0.39, 0.29) is 17.0 Å². The zero-order chi connectivity index (χ0) is 14.3. The van der Waals surface area contributed by atoms with Gasteiger partial charge in [0, 0.05) is 20.1 Å². The number of rotatable bonds is 1. The molecule has 1 aromatic heterocycles. The summed E-state index contributed by atoms with van der Waals surface area (Å²) in [6.07, 6.45) is 1.88. The largest absolute Gasteiger partial charge is 0.337 e. The molecule has 1 aromatic carbocycles. The third kappa shape index (κ3) is 1.97. The highest BCUT2D eigenvalue weighted by Gasteiger charge is 2.24. The third-order valence-corrected chi connectivity index (χ3v) is 3.61. The summed E-state index contributed by atoms with van der Waals surface area (Å²) in [6, 6.07) is 3.91. The molecule has 1 fully saturated rings. The summed E-state index contributed by atoms with van der Waals surface area (Å²) in [5.41, 5.74) is -0.128. The van der Waals surface area contributed by atoms with Crippen LogP contribution >= 0.6 is 0 Å². The van der Waals surface area contributed by atoms with E-state index in [0.717, 1.165) is 18.9 Å². The molecule has 0 spiro atoms. The second-order valence-corrected chi connectivity index (χ2v) is 4.96. The highest BCUT2D eigenvalue weighted by molar-refractivity contribution is 5.95. The van der Waals surface area contributed by atoms with Gasteiger partial charge in [-0.2, -0.15) is 5.10 Å². The summed E-state index contributed by atoms with van der Waals surface area (Å²) in [4.78, 5) is 26.3. The SMILES string of the molecule is Cn1nc(C(=O)N2CCCC2)c(=O)c2cc(F)ccc21. The minimum absolute atomic E-state index is 0.132. The molecule has 1 amide bonds. The van der Waals surface area contributed by atoms with E-state index in [2.05, 4.69) is 5.10 Å². The number of likely N-dealkylation sites (tertiary alicyclic amines) is 1. The molecule has 2 aromatic rings. The van der Waals surface area contributed by atoms with Gasteiger partial charge in [0.05, 0.1) is 10.9 Å². The number of amides is 1. The minimum Gasteiger partial charge on any atom is -0.337 e. The molecule has 0 unspecified atom stereocenters. The van der Waals surface area contributed by atoms with Crippen molar-refractivity contribution >= 4 is 16.8 Å². The molecule has 5 nitrogen and oxygen atoms in total. The van der Waals surface area contributed by atoms with Crippen molar-refractivity contribution in [3.8, 4) is 0 Å². The second kappa shape index (κ2) is 4.70. The number of fused-ring (bicyclic) bond motifs is 1. The van der Waals surface area contributed by atoms with Gasteiger partial charge in [0.25, 0.3) is 5.91 Å². The lowest BCUT2D eigenvalue weighted by Crippen LogP contribution is -2.34. The van der Waals surface area contributed by atoms with E-state index in [1.54, 1.807) is 11.9 Å². The van der Waals surface area contributed by atoms with Gasteiger partial charge in [-0.05, 0) is 31.0 Å². The number of benzene rings is 1. The lowest BCUT2D eigenvalue weighted by molar-refractivity contribution is 0.0783. The van der Waals surface area contributed by atoms with E-state index in [1.807, 2.05) is 0 Å². The van der Waals surface area contributed by atoms with Crippen molar-refractivity contribution in [3.05, 3.63) is 39.9 Å². The van der Waals surface area contributed by atoms with Crippen molar-refractivity contribution in [3.63, 3.8) is 0 Å². The fourth-order valence-corrected chi connectivity index (χ4v) is 2.56. The van der Waals surface area contributed by atoms with Gasteiger partial charge in [-0.3, -0.25) is 14.3 Å². The molecule has 6 heteroatoms. The Kier molecular flexibility index (Phi) is 3.00. The van der Waals surface area contributed by atoms with E-state index in [1.165, 1.54) is 16.8 Å². The van der Waals surface area contributed by atoms with Crippen LogP contribution in [0.1, 0.15) is 23.3 Å². The van der Waals surface area contributed by atoms with Gasteiger partial charge < -0.3 is 4.90 Å². The maximum Gasteiger partial charge on any atom is 0.278 e. The summed E-state index contributed by atoms with van der Waals surface area (Å²) in [5, 5.41) is 4.25. The molecule has 0 N–H and O–H groups in total. The molecule has 0 saturated carbocycles. The van der Waals surface area contributed by atoms with Crippen molar-refractivity contribution < 1.29 is 9.18 Å². The van der Waals surface area contributed by atoms with Crippen LogP contribution in [0.5, 0.6) is 0 Å². The molecule has 0 bridgehead atoms. The molecule has 1 saturated heterocycles. The van der Waals surface area contributed by atoms with Crippen molar-refractivity contribution in [1.82, 2.24) is 14.7 Å². The van der Waals surface area contributed by atoms with E-state index in [4.69, 9.17) is 0 Å². The Morgan fingerprint density at radius 2 is 2.00 bits per heavy atom. The zero-order valence-electron chi connectivity index (χ0n) is 11.1. The summed E-state index contributed by atoms with van der Waals surface area (Å²) in [6.45, 7) is 1.29. The predicted molar refractivity (Wildman–Crippen MR) is 72.1 cm³/mol. The predicted octanol–water partition coefficient (Wildman–Crippen LogP) is 1.31. The first-order valence-corrected chi connectivity index (χ1v) is 6.54. The Balaban J connectivity index is 2.19. The minimum atomic E-state index is -0.505. The van der Waals surface area contributed by atoms with E-state index >= 15 is 0 Å². The van der Waals surface area contributed by atoms with Gasteiger partial charge in [0.15, 0.2) is 5.69 Å². The Labute approximate surface area is 114 Å². The molecule has 1 aliphatic heterocycles. The maximum absolute atomic E-state index is 13.3. The molecular formula is C14H14FN3O2. The smallest absolute Gasteiger partial charge is 0.278 e. The highest BCUT2D eigenvalue weighted by atomic mass is 19.1. The van der Waals surface area contributed by atoms with Crippen molar-refractivity contribution in [2.24, 2.45) is 7.05 Å². The van der Waals surface area contributed by atoms with Crippen LogP contribution in [0.4, 0.5) is 4.39 Å². The average Bonchev–Trinajstić information content (AvgIpc) is 2.96. The maximum atomic E-state index is 13.3. The highest BCUT2D eigenvalue weighted by Crippen LogP contribution is 2.14. The van der Waals surface area contributed by atoms with Gasteiger partial charge >= 0.3 is 0 Å². The number of carbonyl (C=O) groups excluding carboxylic acids is 1. The topological polar surface area (TPSA) is 55.2 Å². The molecule has 0 radical (unpaired) electrons. The molecule has 1 aliphatic rings. The number of hydrogen-bond acceptors (Lipinski definition) is 3. The molecule has 104 valence electrons. The first-order chi connectivity index (χ1) is 9.58. The summed E-state index contributed by atoms with van der Waals surface area (Å²) in [5.74, 6) is -0.866. The van der Waals surface area contributed by atoms with E-state index in [0.29, 0.717) is 18.6 Å². The van der Waals surface area contributed by atoms with Crippen LogP contribution in [0.15, 0.2) is 23.0 Å². The standard InChI is InChI=1S/C14H14FN3O2/c1-17-11-5-4-9(15)8-10(11)13(19)12(16-17)14(20)18-6-2-3-7-18/h4-5,8H,2-3,6-7H2,1H3. The summed E-state index contributed by atoms with van der Waals surface area (Å²) in [7, 11) is 1.64. The molecule has 0 aliphatic carbocycles. The van der Waals surface area contributed by atoms with Crippen molar-refractivity contribution in [2.45, 2.75) is 12.8 Å². The van der Waals surface area contributed by atoms with Crippen molar-refractivity contribution in [2.75, 3.05) is 13.1 Å². The fourth-order valence-electron chi connectivity index (χ4n) is 2.56. The molecule has 3 rings (SSSR count). The van der Waals surface area contributed by atoms with Gasteiger partial charge in [-0.1, -0.05) is 0 Å². The number of halogens is 1. The van der Waals surface area contributed by atoms with Crippen LogP contribution in [-0.2, 0) is 7.05 Å². The lowest BCUT2D eigenvalue weighted by atomic mass is 10.2. The fraction of sp³-hybridized carbons (Fsp3) is 0.357. The zero-order valence-corrected chi connectivity index (χ0v) is 11.1. The van der Waals surface area contributed by atoms with E-state index in [9.17, 15) is 14.0 Å². The average molecular weight is 275 g/mol. The number of carbonyl (C=O) groups is 1. The Bertz CT molecular complexity index is 748. The first-order valence-electron chi connectivity index (χ1n) is 6.54. The van der Waals surface area contributed by atoms with Crippen LogP contribution in [-0.4, -0.2) is 33.7 Å².